The van der Waals surface area contributed by atoms with Gasteiger partial charge in [0.25, 0.3) is 0 Å². The van der Waals surface area contributed by atoms with Gasteiger partial charge >= 0.3 is 6.09 Å². The summed E-state index contributed by atoms with van der Waals surface area (Å²) in [7, 11) is 0. The zero-order valence-electron chi connectivity index (χ0n) is 11.9. The standard InChI is InChI=1S/C17H16FNO3/c18-15-9-5-4-8-14(15)16(10-11-20)19-17(21)22-12-13-6-2-1-3-7-13/h1-9,11,16H,10,12H2,(H,19,21). The van der Waals surface area contributed by atoms with Crippen LogP contribution < -0.4 is 5.32 Å². The summed E-state index contributed by atoms with van der Waals surface area (Å²) in [5.41, 5.74) is 1.10. The van der Waals surface area contributed by atoms with Crippen molar-refractivity contribution < 1.29 is 18.7 Å². The van der Waals surface area contributed by atoms with Gasteiger partial charge in [-0.3, -0.25) is 0 Å². The minimum absolute atomic E-state index is 0.0264. The minimum atomic E-state index is -0.748. The number of hydrogen-bond donors (Lipinski definition) is 1. The van der Waals surface area contributed by atoms with Crippen LogP contribution in [0.4, 0.5) is 9.18 Å². The summed E-state index contributed by atoms with van der Waals surface area (Å²) in [5.74, 6) is -0.474. The van der Waals surface area contributed by atoms with Crippen LogP contribution in [0, 0.1) is 5.82 Å². The maximum atomic E-state index is 13.8. The Morgan fingerprint density at radius 1 is 1.14 bits per heavy atom. The van der Waals surface area contributed by atoms with Crippen molar-refractivity contribution in [1.82, 2.24) is 5.32 Å². The van der Waals surface area contributed by atoms with Crippen LogP contribution in [0.5, 0.6) is 0 Å². The predicted molar refractivity (Wildman–Crippen MR) is 79.6 cm³/mol. The lowest BCUT2D eigenvalue weighted by Crippen LogP contribution is -2.30. The monoisotopic (exact) mass is 301 g/mol. The lowest BCUT2D eigenvalue weighted by atomic mass is 10.0. The number of carbonyl (C=O) groups is 2. The Hall–Kier alpha value is -2.69. The van der Waals surface area contributed by atoms with E-state index in [0.717, 1.165) is 5.56 Å². The molecule has 0 radical (unpaired) electrons. The third-order valence-corrected chi connectivity index (χ3v) is 3.12. The normalized spacial score (nSPS) is 11.5. The lowest BCUT2D eigenvalue weighted by molar-refractivity contribution is -0.108. The van der Waals surface area contributed by atoms with Crippen molar-refractivity contribution in [3.05, 3.63) is 71.5 Å². The molecule has 0 aromatic heterocycles. The highest BCUT2D eigenvalue weighted by molar-refractivity contribution is 5.68. The molecule has 1 amide bonds. The maximum Gasteiger partial charge on any atom is 0.407 e. The molecule has 0 aliphatic rings. The zero-order valence-corrected chi connectivity index (χ0v) is 11.9. The van der Waals surface area contributed by atoms with Crippen LogP contribution in [-0.2, 0) is 16.1 Å². The van der Waals surface area contributed by atoms with E-state index in [1.807, 2.05) is 30.3 Å². The predicted octanol–water partition coefficient (Wildman–Crippen LogP) is 3.38. The van der Waals surface area contributed by atoms with Crippen molar-refractivity contribution in [3.8, 4) is 0 Å². The summed E-state index contributed by atoms with van der Waals surface area (Å²) in [6, 6.07) is 14.4. The first-order valence-electron chi connectivity index (χ1n) is 6.86. The quantitative estimate of drug-likeness (QED) is 0.832. The van der Waals surface area contributed by atoms with Gasteiger partial charge in [-0.1, -0.05) is 48.5 Å². The highest BCUT2D eigenvalue weighted by Gasteiger charge is 2.18. The third kappa shape index (κ3) is 4.41. The molecule has 0 aliphatic carbocycles. The Bertz CT molecular complexity index is 631. The Labute approximate surface area is 127 Å². The van der Waals surface area contributed by atoms with Gasteiger partial charge in [0.2, 0.25) is 0 Å². The van der Waals surface area contributed by atoms with E-state index in [2.05, 4.69) is 5.32 Å². The summed E-state index contributed by atoms with van der Waals surface area (Å²) in [6.07, 6.45) is -0.0883. The summed E-state index contributed by atoms with van der Waals surface area (Å²) in [4.78, 5) is 22.6. The largest absolute Gasteiger partial charge is 0.445 e. The molecule has 0 bridgehead atoms. The highest BCUT2D eigenvalue weighted by Crippen LogP contribution is 2.19. The Balaban J connectivity index is 1.97. The smallest absolute Gasteiger partial charge is 0.407 e. The van der Waals surface area contributed by atoms with Crippen molar-refractivity contribution in [2.45, 2.75) is 19.1 Å². The number of aldehydes is 1. The topological polar surface area (TPSA) is 55.4 Å². The summed E-state index contributed by atoms with van der Waals surface area (Å²) >= 11 is 0. The molecule has 5 heteroatoms. The third-order valence-electron chi connectivity index (χ3n) is 3.12. The van der Waals surface area contributed by atoms with Crippen LogP contribution in [0.1, 0.15) is 23.6 Å². The second-order valence-corrected chi connectivity index (χ2v) is 4.68. The Kier molecular flexibility index (Phi) is 5.65. The fourth-order valence-electron chi connectivity index (χ4n) is 2.02. The molecule has 1 unspecified atom stereocenters. The second kappa shape index (κ2) is 7.93. The van der Waals surface area contributed by atoms with Gasteiger partial charge in [0.1, 0.15) is 18.7 Å². The number of ether oxygens (including phenoxy) is 1. The molecular weight excluding hydrogens is 285 g/mol. The van der Waals surface area contributed by atoms with Gasteiger partial charge in [0, 0.05) is 12.0 Å². The average Bonchev–Trinajstić information content (AvgIpc) is 2.54. The van der Waals surface area contributed by atoms with E-state index in [-0.39, 0.29) is 18.6 Å². The van der Waals surface area contributed by atoms with Crippen LogP contribution >= 0.6 is 0 Å². The molecule has 0 saturated heterocycles. The number of rotatable bonds is 6. The van der Waals surface area contributed by atoms with Gasteiger partial charge in [-0.2, -0.15) is 0 Å². The lowest BCUT2D eigenvalue weighted by Gasteiger charge is -2.17. The summed E-state index contributed by atoms with van der Waals surface area (Å²) in [6.45, 7) is 0.109. The summed E-state index contributed by atoms with van der Waals surface area (Å²) in [5, 5.41) is 2.51. The number of carbonyl (C=O) groups excluding carboxylic acids is 2. The molecule has 1 atom stereocenters. The minimum Gasteiger partial charge on any atom is -0.445 e. The van der Waals surface area contributed by atoms with E-state index in [1.54, 1.807) is 12.1 Å². The van der Waals surface area contributed by atoms with E-state index < -0.39 is 18.0 Å². The number of amides is 1. The van der Waals surface area contributed by atoms with E-state index in [4.69, 9.17) is 4.74 Å². The van der Waals surface area contributed by atoms with Gasteiger partial charge in [-0.25, -0.2) is 9.18 Å². The molecule has 114 valence electrons. The average molecular weight is 301 g/mol. The van der Waals surface area contributed by atoms with Crippen LogP contribution in [0.25, 0.3) is 0 Å². The molecular formula is C17H16FNO3. The zero-order chi connectivity index (χ0) is 15.8. The van der Waals surface area contributed by atoms with E-state index in [0.29, 0.717) is 6.29 Å². The highest BCUT2D eigenvalue weighted by atomic mass is 19.1. The molecule has 0 spiro atoms. The first-order chi connectivity index (χ1) is 10.7. The molecule has 2 rings (SSSR count). The number of benzene rings is 2. The van der Waals surface area contributed by atoms with Gasteiger partial charge in [0.05, 0.1) is 6.04 Å². The van der Waals surface area contributed by atoms with Gasteiger partial charge in [-0.15, -0.1) is 0 Å². The van der Waals surface area contributed by atoms with Crippen LogP contribution in [-0.4, -0.2) is 12.4 Å². The van der Waals surface area contributed by atoms with Crippen molar-refractivity contribution in [3.63, 3.8) is 0 Å². The molecule has 0 aliphatic heterocycles. The van der Waals surface area contributed by atoms with Gasteiger partial charge in [-0.05, 0) is 11.6 Å². The van der Waals surface area contributed by atoms with Gasteiger partial charge < -0.3 is 14.8 Å². The van der Waals surface area contributed by atoms with Crippen LogP contribution in [0.2, 0.25) is 0 Å². The molecule has 0 heterocycles. The van der Waals surface area contributed by atoms with E-state index in [9.17, 15) is 14.0 Å². The molecule has 0 saturated carbocycles. The van der Waals surface area contributed by atoms with E-state index >= 15 is 0 Å². The first kappa shape index (κ1) is 15.7. The maximum absolute atomic E-state index is 13.8. The number of hydrogen-bond acceptors (Lipinski definition) is 3. The molecule has 0 fully saturated rings. The molecule has 2 aromatic carbocycles. The van der Waals surface area contributed by atoms with Gasteiger partial charge in [0.15, 0.2) is 0 Å². The first-order valence-corrected chi connectivity index (χ1v) is 6.86. The van der Waals surface area contributed by atoms with E-state index in [1.165, 1.54) is 12.1 Å². The van der Waals surface area contributed by atoms with Crippen molar-refractivity contribution >= 4 is 12.4 Å². The number of halogens is 1. The molecule has 22 heavy (non-hydrogen) atoms. The fourth-order valence-corrected chi connectivity index (χ4v) is 2.02. The number of alkyl carbamates (subject to hydrolysis) is 1. The number of nitrogens with one attached hydrogen (secondary N) is 1. The molecule has 1 N–H and O–H groups in total. The second-order valence-electron chi connectivity index (χ2n) is 4.68. The van der Waals surface area contributed by atoms with Crippen molar-refractivity contribution in [2.24, 2.45) is 0 Å². The Morgan fingerprint density at radius 3 is 2.50 bits per heavy atom. The molecule has 4 nitrogen and oxygen atoms in total. The Morgan fingerprint density at radius 2 is 1.82 bits per heavy atom. The fraction of sp³-hybridized carbons (Fsp3) is 0.176. The summed E-state index contributed by atoms with van der Waals surface area (Å²) < 4.78 is 18.8. The molecule has 2 aromatic rings. The SMILES string of the molecule is O=CCC(NC(=O)OCc1ccccc1)c1ccccc1F. The van der Waals surface area contributed by atoms with Crippen molar-refractivity contribution in [1.29, 1.82) is 0 Å². The van der Waals surface area contributed by atoms with Crippen LogP contribution in [0.3, 0.4) is 0 Å². The van der Waals surface area contributed by atoms with Crippen LogP contribution in [0.15, 0.2) is 54.6 Å². The van der Waals surface area contributed by atoms with Crippen molar-refractivity contribution in [2.75, 3.05) is 0 Å².